The molecule has 2 atom stereocenters. The number of amides is 1. The molecule has 0 aromatic carbocycles. The third-order valence-corrected chi connectivity index (χ3v) is 17.1. The van der Waals surface area contributed by atoms with Crippen LogP contribution < -0.4 is 5.32 Å². The Morgan fingerprint density at radius 1 is 0.333 bits per heavy atom. The van der Waals surface area contributed by atoms with Crippen LogP contribution in [-0.4, -0.2) is 47.4 Å². The number of carbonyl (C=O) groups excluding carboxylic acids is 2. The maximum Gasteiger partial charge on any atom is 0.305 e. The topological polar surface area (TPSA) is 95.9 Å². The van der Waals surface area contributed by atoms with E-state index in [4.69, 9.17) is 4.74 Å². The second-order valence-corrected chi connectivity index (χ2v) is 25.3. The van der Waals surface area contributed by atoms with Crippen LogP contribution in [-0.2, 0) is 14.3 Å². The molecular weight excluding hydrogens is 995 g/mol. The van der Waals surface area contributed by atoms with Crippen molar-refractivity contribution in [3.63, 3.8) is 0 Å². The number of esters is 1. The summed E-state index contributed by atoms with van der Waals surface area (Å²) in [4.78, 5) is 24.6. The lowest BCUT2D eigenvalue weighted by molar-refractivity contribution is -0.143. The molecule has 478 valence electrons. The first-order valence-electron chi connectivity index (χ1n) is 36.8. The Morgan fingerprint density at radius 3 is 0.877 bits per heavy atom. The molecule has 0 aliphatic heterocycles. The summed E-state index contributed by atoms with van der Waals surface area (Å²) in [6.07, 6.45) is 90.9. The first-order valence-corrected chi connectivity index (χ1v) is 36.8. The molecule has 0 aliphatic carbocycles. The fraction of sp³-hybridized carbons (Fsp3) is 0.893. The Kier molecular flexibility index (Phi) is 68.9. The number of hydrogen-bond donors (Lipinski definition) is 3. The minimum absolute atomic E-state index is 0.00936. The molecule has 0 fully saturated rings. The molecule has 81 heavy (non-hydrogen) atoms. The first-order chi connectivity index (χ1) is 40.0. The van der Waals surface area contributed by atoms with Gasteiger partial charge in [-0.2, -0.15) is 0 Å². The van der Waals surface area contributed by atoms with Gasteiger partial charge in [0, 0.05) is 12.8 Å². The van der Waals surface area contributed by atoms with Crippen LogP contribution in [0.5, 0.6) is 0 Å². The van der Waals surface area contributed by atoms with E-state index in [1.807, 2.05) is 6.08 Å². The van der Waals surface area contributed by atoms with Crippen molar-refractivity contribution in [3.05, 3.63) is 36.5 Å². The molecule has 0 spiro atoms. The zero-order valence-electron chi connectivity index (χ0n) is 54.8. The van der Waals surface area contributed by atoms with Gasteiger partial charge in [-0.05, 0) is 83.5 Å². The minimum atomic E-state index is -0.844. The number of ether oxygens (including phenoxy) is 1. The standard InChI is InChI=1S/C75H143NO5/c1-3-5-7-9-11-13-15-17-19-20-33-36-40-43-47-51-55-59-63-67-73(78)72(71-77)76-74(79)68-64-60-56-52-48-44-41-37-34-31-29-27-25-23-21-22-24-26-28-30-32-35-38-42-46-50-54-58-62-66-70-81-75(80)69-65-61-57-53-49-45-39-18-16-14-12-10-8-6-4-2/h18,22,24,39,63,67,72-73,77-78H,3-17,19-21,23,25-38,40-62,64-66,68-71H2,1-2H3,(H,76,79)/b24-22-,39-18-,67-63+. The van der Waals surface area contributed by atoms with E-state index in [0.29, 0.717) is 19.4 Å². The van der Waals surface area contributed by atoms with Gasteiger partial charge in [-0.15, -0.1) is 0 Å². The second kappa shape index (κ2) is 70.6. The first kappa shape index (κ1) is 79.1. The lowest BCUT2D eigenvalue weighted by Gasteiger charge is -2.20. The van der Waals surface area contributed by atoms with Crippen molar-refractivity contribution in [2.75, 3.05) is 13.2 Å². The van der Waals surface area contributed by atoms with Gasteiger partial charge >= 0.3 is 5.97 Å². The predicted molar refractivity (Wildman–Crippen MR) is 356 cm³/mol. The van der Waals surface area contributed by atoms with Gasteiger partial charge in [-0.3, -0.25) is 9.59 Å². The molecule has 0 bridgehead atoms. The summed E-state index contributed by atoms with van der Waals surface area (Å²) >= 11 is 0. The second-order valence-electron chi connectivity index (χ2n) is 25.3. The molecule has 6 heteroatoms. The molecule has 0 aromatic rings. The van der Waals surface area contributed by atoms with Crippen LogP contribution in [0.15, 0.2) is 36.5 Å². The van der Waals surface area contributed by atoms with E-state index in [1.54, 1.807) is 6.08 Å². The van der Waals surface area contributed by atoms with E-state index in [1.165, 1.54) is 334 Å². The SMILES string of the molecule is CCCCCCCC/C=C\CCCCCCCC(=O)OCCCCCCCCCCCCCC/C=C\CCCCCCCCCCCCCCCCC(=O)NC(CO)C(O)/C=C/CCCCCCCCCCCCCCCCCCC. The van der Waals surface area contributed by atoms with Crippen LogP contribution in [0, 0.1) is 0 Å². The highest BCUT2D eigenvalue weighted by molar-refractivity contribution is 5.76. The largest absolute Gasteiger partial charge is 0.466 e. The molecule has 0 saturated heterocycles. The van der Waals surface area contributed by atoms with Gasteiger partial charge in [0.25, 0.3) is 0 Å². The maximum absolute atomic E-state index is 12.5. The number of rotatable bonds is 69. The summed E-state index contributed by atoms with van der Waals surface area (Å²) in [6.45, 7) is 4.93. The van der Waals surface area contributed by atoms with Gasteiger partial charge in [-0.25, -0.2) is 0 Å². The fourth-order valence-corrected chi connectivity index (χ4v) is 11.5. The zero-order chi connectivity index (χ0) is 58.5. The van der Waals surface area contributed by atoms with E-state index in [9.17, 15) is 19.8 Å². The van der Waals surface area contributed by atoms with Crippen LogP contribution in [0.1, 0.15) is 406 Å². The Morgan fingerprint density at radius 2 is 0.580 bits per heavy atom. The Hall–Kier alpha value is -1.92. The Balaban J connectivity index is 3.39. The van der Waals surface area contributed by atoms with Crippen molar-refractivity contribution in [1.82, 2.24) is 5.32 Å². The Bertz CT molecular complexity index is 1310. The van der Waals surface area contributed by atoms with Gasteiger partial charge in [0.1, 0.15) is 0 Å². The number of unbranched alkanes of at least 4 members (excludes halogenated alkanes) is 54. The highest BCUT2D eigenvalue weighted by Crippen LogP contribution is 2.19. The van der Waals surface area contributed by atoms with Crippen LogP contribution in [0.25, 0.3) is 0 Å². The molecule has 3 N–H and O–H groups in total. The van der Waals surface area contributed by atoms with Gasteiger partial charge < -0.3 is 20.3 Å². The number of nitrogens with one attached hydrogen (secondary N) is 1. The molecule has 0 heterocycles. The van der Waals surface area contributed by atoms with Gasteiger partial charge in [-0.1, -0.05) is 346 Å². The van der Waals surface area contributed by atoms with E-state index < -0.39 is 12.1 Å². The molecule has 2 unspecified atom stereocenters. The quantitative estimate of drug-likeness (QED) is 0.0320. The van der Waals surface area contributed by atoms with Crippen molar-refractivity contribution < 1.29 is 24.5 Å². The monoisotopic (exact) mass is 1140 g/mol. The fourth-order valence-electron chi connectivity index (χ4n) is 11.5. The number of allylic oxidation sites excluding steroid dienone is 5. The molecule has 6 nitrogen and oxygen atoms in total. The van der Waals surface area contributed by atoms with Crippen molar-refractivity contribution in [2.45, 2.75) is 418 Å². The summed E-state index contributed by atoms with van der Waals surface area (Å²) in [6, 6.07) is -0.628. The average Bonchev–Trinajstić information content (AvgIpc) is 3.47. The normalized spacial score (nSPS) is 12.7. The number of aliphatic hydroxyl groups excluding tert-OH is 2. The van der Waals surface area contributed by atoms with Crippen molar-refractivity contribution >= 4 is 11.9 Å². The number of hydrogen-bond acceptors (Lipinski definition) is 5. The molecule has 0 aromatic heterocycles. The van der Waals surface area contributed by atoms with E-state index >= 15 is 0 Å². The molecule has 0 radical (unpaired) electrons. The predicted octanol–water partition coefficient (Wildman–Crippen LogP) is 23.9. The minimum Gasteiger partial charge on any atom is -0.466 e. The summed E-state index contributed by atoms with van der Waals surface area (Å²) in [7, 11) is 0. The van der Waals surface area contributed by atoms with Crippen molar-refractivity contribution in [1.29, 1.82) is 0 Å². The van der Waals surface area contributed by atoms with Crippen LogP contribution in [0.4, 0.5) is 0 Å². The molecular formula is C75H143NO5. The molecule has 0 rings (SSSR count). The maximum atomic E-state index is 12.5. The summed E-state index contributed by atoms with van der Waals surface area (Å²) in [5.74, 6) is -0.0537. The van der Waals surface area contributed by atoms with E-state index in [0.717, 1.165) is 44.9 Å². The Labute approximate surface area is 506 Å². The number of aliphatic hydroxyl groups is 2. The smallest absolute Gasteiger partial charge is 0.305 e. The third-order valence-electron chi connectivity index (χ3n) is 17.1. The van der Waals surface area contributed by atoms with Crippen LogP contribution in [0.3, 0.4) is 0 Å². The van der Waals surface area contributed by atoms with Crippen molar-refractivity contribution in [2.24, 2.45) is 0 Å². The van der Waals surface area contributed by atoms with Crippen LogP contribution >= 0.6 is 0 Å². The third kappa shape index (κ3) is 67.1. The van der Waals surface area contributed by atoms with Gasteiger partial charge in [0.15, 0.2) is 0 Å². The van der Waals surface area contributed by atoms with Crippen molar-refractivity contribution in [3.8, 4) is 0 Å². The summed E-state index contributed by atoms with van der Waals surface area (Å²) in [5, 5.41) is 23.2. The molecule has 0 saturated carbocycles. The summed E-state index contributed by atoms with van der Waals surface area (Å²) in [5.41, 5.74) is 0. The highest BCUT2D eigenvalue weighted by atomic mass is 16.5. The molecule has 1 amide bonds. The zero-order valence-corrected chi connectivity index (χ0v) is 54.8. The van der Waals surface area contributed by atoms with Gasteiger partial charge in [0.05, 0.1) is 25.4 Å². The highest BCUT2D eigenvalue weighted by Gasteiger charge is 2.18. The van der Waals surface area contributed by atoms with E-state index in [-0.39, 0.29) is 18.5 Å². The van der Waals surface area contributed by atoms with E-state index in [2.05, 4.69) is 43.5 Å². The van der Waals surface area contributed by atoms with Gasteiger partial charge in [0.2, 0.25) is 5.91 Å². The van der Waals surface area contributed by atoms with Crippen LogP contribution in [0.2, 0.25) is 0 Å². The molecule has 0 aliphatic rings. The summed E-state index contributed by atoms with van der Waals surface area (Å²) < 4.78 is 5.49. The average molecular weight is 1140 g/mol. The lowest BCUT2D eigenvalue weighted by atomic mass is 10.0. The number of carbonyl (C=O) groups is 2. The lowest BCUT2D eigenvalue weighted by Crippen LogP contribution is -2.45.